The fourth-order valence-electron chi connectivity index (χ4n) is 2.81. The molecule has 2 aliphatic rings. The topological polar surface area (TPSA) is 30.5 Å². The van der Waals surface area contributed by atoms with E-state index in [2.05, 4.69) is 5.32 Å². The number of alkyl halides is 3. The Morgan fingerprint density at radius 3 is 2.21 bits per heavy atom. The van der Waals surface area contributed by atoms with Crippen LogP contribution in [0.2, 0.25) is 0 Å². The number of hydrogen-bond donors (Lipinski definition) is 1. The van der Waals surface area contributed by atoms with Crippen LogP contribution in [0.25, 0.3) is 0 Å². The molecule has 0 spiro atoms. The van der Waals surface area contributed by atoms with Crippen LogP contribution >= 0.6 is 0 Å². The zero-order valence-electron chi connectivity index (χ0n) is 11.4. The Kier molecular flexibility index (Phi) is 4.42. The Morgan fingerprint density at radius 2 is 1.63 bits per heavy atom. The second-order valence-corrected chi connectivity index (χ2v) is 5.92. The summed E-state index contributed by atoms with van der Waals surface area (Å²) in [6.07, 6.45) is -1.81. The molecule has 2 rings (SSSR count). The molecule has 112 valence electrons. The van der Waals surface area contributed by atoms with Crippen molar-refractivity contribution in [3.05, 3.63) is 0 Å². The summed E-state index contributed by atoms with van der Waals surface area (Å²) in [6.45, 7) is 4.41. The van der Waals surface area contributed by atoms with Crippen LogP contribution in [-0.4, -0.2) is 37.3 Å². The molecule has 6 heteroatoms. The average Bonchev–Trinajstić information content (AvgIpc) is 2.31. The lowest BCUT2D eigenvalue weighted by atomic mass is 9.83. The molecule has 0 amide bonds. The Hall–Kier alpha value is -0.330. The Bertz CT molecular complexity index is 297. The van der Waals surface area contributed by atoms with Crippen molar-refractivity contribution in [2.75, 3.05) is 13.2 Å². The van der Waals surface area contributed by atoms with Gasteiger partial charge in [-0.2, -0.15) is 13.2 Å². The smallest absolute Gasteiger partial charge is 0.349 e. The van der Waals surface area contributed by atoms with Crippen LogP contribution in [0.4, 0.5) is 13.2 Å². The Labute approximate surface area is 111 Å². The minimum absolute atomic E-state index is 0.152. The van der Waals surface area contributed by atoms with E-state index in [0.717, 1.165) is 6.42 Å². The van der Waals surface area contributed by atoms with E-state index in [1.807, 2.05) is 13.8 Å². The lowest BCUT2D eigenvalue weighted by Gasteiger charge is -2.40. The molecule has 0 aromatic rings. The Morgan fingerprint density at radius 1 is 1.05 bits per heavy atom. The van der Waals surface area contributed by atoms with Gasteiger partial charge in [0.25, 0.3) is 0 Å². The monoisotopic (exact) mass is 281 g/mol. The van der Waals surface area contributed by atoms with E-state index in [4.69, 9.17) is 9.47 Å². The van der Waals surface area contributed by atoms with Gasteiger partial charge in [-0.15, -0.1) is 0 Å². The highest BCUT2D eigenvalue weighted by Crippen LogP contribution is 2.38. The van der Waals surface area contributed by atoms with E-state index in [1.54, 1.807) is 0 Å². The van der Waals surface area contributed by atoms with Gasteiger partial charge in [-0.1, -0.05) is 12.8 Å². The molecule has 3 nitrogen and oxygen atoms in total. The molecule has 1 aliphatic heterocycles. The predicted molar refractivity (Wildman–Crippen MR) is 64.7 cm³/mol. The number of rotatable bonds is 2. The van der Waals surface area contributed by atoms with Crippen LogP contribution in [-0.2, 0) is 9.47 Å². The number of hydrogen-bond acceptors (Lipinski definition) is 3. The molecule has 2 atom stereocenters. The van der Waals surface area contributed by atoms with Crippen LogP contribution in [0, 0.1) is 5.92 Å². The van der Waals surface area contributed by atoms with Crippen molar-refractivity contribution in [3.63, 3.8) is 0 Å². The second kappa shape index (κ2) is 5.58. The number of halogens is 3. The normalized spacial score (nSPS) is 33.3. The van der Waals surface area contributed by atoms with Crippen molar-refractivity contribution >= 4 is 0 Å². The highest BCUT2D eigenvalue weighted by molar-refractivity contribution is 4.88. The molecule has 0 bridgehead atoms. The third kappa shape index (κ3) is 4.07. The van der Waals surface area contributed by atoms with Crippen LogP contribution < -0.4 is 5.32 Å². The molecule has 1 aliphatic carbocycles. The summed E-state index contributed by atoms with van der Waals surface area (Å²) in [7, 11) is 0. The molecule has 2 fully saturated rings. The van der Waals surface area contributed by atoms with Gasteiger partial charge in [-0.25, -0.2) is 0 Å². The summed E-state index contributed by atoms with van der Waals surface area (Å²) in [4.78, 5) is 0. The highest BCUT2D eigenvalue weighted by Gasteiger charge is 2.46. The molecule has 2 unspecified atom stereocenters. The van der Waals surface area contributed by atoms with Crippen molar-refractivity contribution < 1.29 is 22.6 Å². The van der Waals surface area contributed by atoms with Gasteiger partial charge in [0.05, 0.1) is 25.2 Å². The fourth-order valence-corrected chi connectivity index (χ4v) is 2.81. The Balaban J connectivity index is 1.90. The van der Waals surface area contributed by atoms with Gasteiger partial charge < -0.3 is 14.8 Å². The molecule has 1 N–H and O–H groups in total. The first-order chi connectivity index (χ1) is 8.78. The van der Waals surface area contributed by atoms with E-state index >= 15 is 0 Å². The first-order valence-corrected chi connectivity index (χ1v) is 6.88. The summed E-state index contributed by atoms with van der Waals surface area (Å²) < 4.78 is 49.8. The van der Waals surface area contributed by atoms with E-state index in [-0.39, 0.29) is 12.5 Å². The third-order valence-corrected chi connectivity index (χ3v) is 3.90. The van der Waals surface area contributed by atoms with Crippen molar-refractivity contribution in [1.29, 1.82) is 0 Å². The molecule has 1 heterocycles. The van der Waals surface area contributed by atoms with E-state index in [9.17, 15) is 13.2 Å². The lowest BCUT2D eigenvalue weighted by molar-refractivity contribution is -0.256. The minimum atomic E-state index is -4.12. The first-order valence-electron chi connectivity index (χ1n) is 6.88. The van der Waals surface area contributed by atoms with Gasteiger partial charge in [0.2, 0.25) is 0 Å². The maximum atomic E-state index is 13.0. The maximum Gasteiger partial charge on any atom is 0.393 e. The van der Waals surface area contributed by atoms with E-state index < -0.39 is 23.9 Å². The first kappa shape index (κ1) is 15.1. The molecular weight excluding hydrogens is 259 g/mol. The van der Waals surface area contributed by atoms with Crippen LogP contribution in [0.1, 0.15) is 39.5 Å². The second-order valence-electron chi connectivity index (χ2n) is 5.92. The fraction of sp³-hybridized carbons (Fsp3) is 1.00. The number of nitrogens with one attached hydrogen (secondary N) is 1. The van der Waals surface area contributed by atoms with Crippen LogP contribution in [0.15, 0.2) is 0 Å². The zero-order chi connectivity index (χ0) is 14.1. The van der Waals surface area contributed by atoms with Gasteiger partial charge in [0.1, 0.15) is 0 Å². The third-order valence-electron chi connectivity index (χ3n) is 3.90. The molecular formula is C13H22F3NO2. The van der Waals surface area contributed by atoms with Crippen molar-refractivity contribution in [2.24, 2.45) is 5.92 Å². The van der Waals surface area contributed by atoms with E-state index in [0.29, 0.717) is 26.1 Å². The summed E-state index contributed by atoms with van der Waals surface area (Å²) in [6, 6.07) is -0.659. The van der Waals surface area contributed by atoms with Gasteiger partial charge in [0.15, 0.2) is 5.79 Å². The highest BCUT2D eigenvalue weighted by atomic mass is 19.4. The largest absolute Gasteiger partial charge is 0.393 e. The van der Waals surface area contributed by atoms with Crippen LogP contribution in [0.3, 0.4) is 0 Å². The standard InChI is InChI=1S/C13H22F3NO2/c1-12(2)18-7-9(8-19-12)17-11-6-4-3-5-10(11)13(14,15)16/h9-11,17H,3-8H2,1-2H3. The predicted octanol–water partition coefficient (Wildman–Crippen LogP) is 2.85. The molecule has 1 saturated heterocycles. The van der Waals surface area contributed by atoms with Gasteiger partial charge in [0, 0.05) is 6.04 Å². The molecule has 19 heavy (non-hydrogen) atoms. The van der Waals surface area contributed by atoms with Gasteiger partial charge in [-0.3, -0.25) is 0 Å². The van der Waals surface area contributed by atoms with E-state index in [1.165, 1.54) is 0 Å². The maximum absolute atomic E-state index is 13.0. The quantitative estimate of drug-likeness (QED) is 0.844. The van der Waals surface area contributed by atoms with Gasteiger partial charge in [-0.05, 0) is 26.7 Å². The number of ether oxygens (including phenoxy) is 2. The molecule has 0 aromatic carbocycles. The summed E-state index contributed by atoms with van der Waals surface area (Å²) in [5, 5.41) is 3.08. The summed E-state index contributed by atoms with van der Waals surface area (Å²) in [5.41, 5.74) is 0. The SMILES string of the molecule is CC1(C)OCC(NC2CCCCC2C(F)(F)F)CO1. The molecule has 0 radical (unpaired) electrons. The molecule has 1 saturated carbocycles. The van der Waals surface area contributed by atoms with Crippen LogP contribution in [0.5, 0.6) is 0 Å². The average molecular weight is 281 g/mol. The summed E-state index contributed by atoms with van der Waals surface area (Å²) in [5.74, 6) is -1.87. The van der Waals surface area contributed by atoms with Gasteiger partial charge >= 0.3 is 6.18 Å². The zero-order valence-corrected chi connectivity index (χ0v) is 11.4. The lowest BCUT2D eigenvalue weighted by Crippen LogP contribution is -2.55. The minimum Gasteiger partial charge on any atom is -0.349 e. The van der Waals surface area contributed by atoms with Crippen molar-refractivity contribution in [2.45, 2.75) is 63.6 Å². The summed E-state index contributed by atoms with van der Waals surface area (Å²) >= 11 is 0. The molecule has 0 aromatic heterocycles. The van der Waals surface area contributed by atoms with Crippen molar-refractivity contribution in [1.82, 2.24) is 5.32 Å². The van der Waals surface area contributed by atoms with Crippen molar-refractivity contribution in [3.8, 4) is 0 Å².